The molecule has 0 heterocycles. The maximum absolute atomic E-state index is 4.84. The molecule has 0 aliphatic heterocycles. The van der Waals surface area contributed by atoms with Gasteiger partial charge in [-0.2, -0.15) is 0 Å². The van der Waals surface area contributed by atoms with Crippen LogP contribution in [0.3, 0.4) is 0 Å². The molecule has 0 aromatic heterocycles. The van der Waals surface area contributed by atoms with Gasteiger partial charge in [-0.15, -0.1) is 0 Å². The number of benzene rings is 2. The van der Waals surface area contributed by atoms with Crippen LogP contribution >= 0.6 is 0 Å². The van der Waals surface area contributed by atoms with Gasteiger partial charge in [0.2, 0.25) is 0 Å². The van der Waals surface area contributed by atoms with E-state index in [1.54, 1.807) is 0 Å². The van der Waals surface area contributed by atoms with Crippen molar-refractivity contribution < 1.29 is 0 Å². The van der Waals surface area contributed by atoms with Gasteiger partial charge in [-0.1, -0.05) is 89.8 Å². The quantitative estimate of drug-likeness (QED) is 0.361. The van der Waals surface area contributed by atoms with Crippen LogP contribution in [-0.4, -0.2) is 12.4 Å². The van der Waals surface area contributed by atoms with Crippen molar-refractivity contribution in [1.82, 2.24) is 0 Å². The molecule has 0 aliphatic carbocycles. The first-order chi connectivity index (χ1) is 13.7. The molecule has 0 saturated carbocycles. The lowest BCUT2D eigenvalue weighted by Gasteiger charge is -2.10. The van der Waals surface area contributed by atoms with Crippen molar-refractivity contribution in [2.24, 2.45) is 9.98 Å². The van der Waals surface area contributed by atoms with E-state index in [1.165, 1.54) is 22.3 Å². The number of para-hydroxylation sites is 2. The number of hydrogen-bond donors (Lipinski definition) is 0. The highest BCUT2D eigenvalue weighted by molar-refractivity contribution is 6.17. The van der Waals surface area contributed by atoms with E-state index in [0.29, 0.717) is 0 Å². The van der Waals surface area contributed by atoms with E-state index in [9.17, 15) is 0 Å². The second-order valence-electron chi connectivity index (χ2n) is 7.41. The first-order valence-electron chi connectivity index (χ1n) is 11.0. The summed E-state index contributed by atoms with van der Waals surface area (Å²) in [4.78, 5) is 9.67. The third-order valence-electron chi connectivity index (χ3n) is 4.96. The van der Waals surface area contributed by atoms with Crippen molar-refractivity contribution in [2.75, 3.05) is 0 Å². The van der Waals surface area contributed by atoms with Crippen LogP contribution < -0.4 is 0 Å². The summed E-state index contributed by atoms with van der Waals surface area (Å²) in [6.07, 6.45) is 12.6. The summed E-state index contributed by atoms with van der Waals surface area (Å²) >= 11 is 0. The van der Waals surface area contributed by atoms with Crippen molar-refractivity contribution in [3.63, 3.8) is 0 Å². The lowest BCUT2D eigenvalue weighted by Crippen LogP contribution is -1.93. The van der Waals surface area contributed by atoms with Crippen molar-refractivity contribution in [3.05, 3.63) is 58.7 Å². The fraction of sp³-hybridized carbons (Fsp3) is 0.462. The summed E-state index contributed by atoms with van der Waals surface area (Å²) in [5.74, 6) is 0. The Hall–Kier alpha value is -2.22. The van der Waals surface area contributed by atoms with Gasteiger partial charge in [-0.05, 0) is 47.9 Å². The van der Waals surface area contributed by atoms with Crippen molar-refractivity contribution >= 4 is 23.8 Å². The standard InChI is InChI=1S/C26H36N2/c1-5-11-21-15-9-16-22(12-6-2)25(21)27-19-20-28-26-23(13-7-3)17-10-18-24(26)14-8-4/h9-10,15-20H,5-8,11-14H2,1-4H3/b27-19+,28-20+. The number of rotatable bonds is 11. The highest BCUT2D eigenvalue weighted by Crippen LogP contribution is 2.28. The topological polar surface area (TPSA) is 24.7 Å². The van der Waals surface area contributed by atoms with Crippen LogP contribution in [0.5, 0.6) is 0 Å². The summed E-state index contributed by atoms with van der Waals surface area (Å²) < 4.78 is 0. The lowest BCUT2D eigenvalue weighted by atomic mass is 10.0. The SMILES string of the molecule is CCCc1cccc(CCC)c1/N=C/C=N/c1c(CCC)cccc1CCC. The molecule has 2 rings (SSSR count). The summed E-state index contributed by atoms with van der Waals surface area (Å²) in [5.41, 5.74) is 7.67. The Morgan fingerprint density at radius 3 is 1.07 bits per heavy atom. The molecule has 2 nitrogen and oxygen atoms in total. The smallest absolute Gasteiger partial charge is 0.0694 e. The zero-order valence-electron chi connectivity index (χ0n) is 18.2. The molecule has 0 saturated heterocycles. The molecule has 0 bridgehead atoms. The minimum atomic E-state index is 1.07. The van der Waals surface area contributed by atoms with E-state index < -0.39 is 0 Å². The molecule has 0 radical (unpaired) electrons. The van der Waals surface area contributed by atoms with E-state index in [-0.39, 0.29) is 0 Å². The molecule has 0 spiro atoms. The Kier molecular flexibility index (Phi) is 9.68. The average Bonchev–Trinajstić information content (AvgIpc) is 2.69. The molecule has 2 aromatic rings. The Morgan fingerprint density at radius 2 is 0.821 bits per heavy atom. The van der Waals surface area contributed by atoms with E-state index in [1.807, 2.05) is 12.4 Å². The number of aryl methyl sites for hydroxylation is 4. The molecule has 0 atom stereocenters. The molecule has 150 valence electrons. The average molecular weight is 377 g/mol. The number of hydrogen-bond acceptors (Lipinski definition) is 2. The van der Waals surface area contributed by atoms with Gasteiger partial charge in [0.25, 0.3) is 0 Å². The summed E-state index contributed by atoms with van der Waals surface area (Å²) in [7, 11) is 0. The monoisotopic (exact) mass is 376 g/mol. The zero-order valence-corrected chi connectivity index (χ0v) is 18.2. The maximum Gasteiger partial charge on any atom is 0.0694 e. The van der Waals surface area contributed by atoms with Gasteiger partial charge >= 0.3 is 0 Å². The van der Waals surface area contributed by atoms with E-state index in [4.69, 9.17) is 9.98 Å². The van der Waals surface area contributed by atoms with Gasteiger partial charge in [0.15, 0.2) is 0 Å². The Bertz CT molecular complexity index is 671. The minimum Gasteiger partial charge on any atom is -0.255 e. The minimum absolute atomic E-state index is 1.07. The fourth-order valence-electron chi connectivity index (χ4n) is 3.72. The van der Waals surface area contributed by atoms with E-state index in [2.05, 4.69) is 64.1 Å². The van der Waals surface area contributed by atoms with Gasteiger partial charge in [-0.25, -0.2) is 0 Å². The van der Waals surface area contributed by atoms with Crippen molar-refractivity contribution in [3.8, 4) is 0 Å². The maximum atomic E-state index is 4.84. The molecule has 0 N–H and O–H groups in total. The van der Waals surface area contributed by atoms with Gasteiger partial charge in [0.1, 0.15) is 0 Å². The van der Waals surface area contributed by atoms with E-state index >= 15 is 0 Å². The summed E-state index contributed by atoms with van der Waals surface area (Å²) in [6, 6.07) is 13.2. The Labute approximate surface area is 171 Å². The van der Waals surface area contributed by atoms with Crippen LogP contribution in [0, 0.1) is 0 Å². The highest BCUT2D eigenvalue weighted by atomic mass is 14.8. The number of nitrogens with zero attached hydrogens (tertiary/aromatic N) is 2. The van der Waals surface area contributed by atoms with Crippen LogP contribution in [-0.2, 0) is 25.7 Å². The van der Waals surface area contributed by atoms with Crippen LogP contribution in [0.4, 0.5) is 11.4 Å². The van der Waals surface area contributed by atoms with Gasteiger partial charge in [-0.3, -0.25) is 9.98 Å². The highest BCUT2D eigenvalue weighted by Gasteiger charge is 2.07. The van der Waals surface area contributed by atoms with Crippen LogP contribution in [0.1, 0.15) is 75.6 Å². The van der Waals surface area contributed by atoms with Crippen molar-refractivity contribution in [2.45, 2.75) is 79.1 Å². The molecule has 2 heteroatoms. The second-order valence-corrected chi connectivity index (χ2v) is 7.41. The summed E-state index contributed by atoms with van der Waals surface area (Å²) in [5, 5.41) is 0. The fourth-order valence-corrected chi connectivity index (χ4v) is 3.72. The lowest BCUT2D eigenvalue weighted by molar-refractivity contribution is 0.895. The Balaban J connectivity index is 2.31. The van der Waals surface area contributed by atoms with Crippen molar-refractivity contribution in [1.29, 1.82) is 0 Å². The third kappa shape index (κ3) is 6.15. The molecular weight excluding hydrogens is 340 g/mol. The van der Waals surface area contributed by atoms with Gasteiger partial charge in [0.05, 0.1) is 11.4 Å². The predicted molar refractivity (Wildman–Crippen MR) is 125 cm³/mol. The third-order valence-corrected chi connectivity index (χ3v) is 4.96. The normalized spacial score (nSPS) is 11.7. The van der Waals surface area contributed by atoms with Crippen LogP contribution in [0.25, 0.3) is 0 Å². The van der Waals surface area contributed by atoms with Crippen LogP contribution in [0.2, 0.25) is 0 Å². The summed E-state index contributed by atoms with van der Waals surface area (Å²) in [6.45, 7) is 8.89. The molecule has 0 unspecified atom stereocenters. The van der Waals surface area contributed by atoms with Gasteiger partial charge in [0, 0.05) is 12.4 Å². The molecule has 0 fully saturated rings. The first kappa shape index (κ1) is 22.1. The van der Waals surface area contributed by atoms with Crippen LogP contribution in [0.15, 0.2) is 46.4 Å². The second kappa shape index (κ2) is 12.3. The Morgan fingerprint density at radius 1 is 0.536 bits per heavy atom. The molecule has 0 aliphatic rings. The van der Waals surface area contributed by atoms with Gasteiger partial charge < -0.3 is 0 Å². The molecule has 0 amide bonds. The molecule has 28 heavy (non-hydrogen) atoms. The van der Waals surface area contributed by atoms with E-state index in [0.717, 1.165) is 62.7 Å². The molecular formula is C26H36N2. The first-order valence-corrected chi connectivity index (χ1v) is 11.0. The molecule has 2 aromatic carbocycles. The largest absolute Gasteiger partial charge is 0.255 e. The zero-order chi connectivity index (χ0) is 20.2. The predicted octanol–water partition coefficient (Wildman–Crippen LogP) is 7.60. The number of aliphatic imine (C=N–C) groups is 2.